The number of hydrogen-bond donors (Lipinski definition) is 1. The van der Waals surface area contributed by atoms with Crippen molar-refractivity contribution in [3.8, 4) is 5.88 Å². The van der Waals surface area contributed by atoms with E-state index in [4.69, 9.17) is 4.74 Å². The Balaban J connectivity index is 2.38. The van der Waals surface area contributed by atoms with Gasteiger partial charge in [-0.3, -0.25) is 0 Å². The van der Waals surface area contributed by atoms with Crippen molar-refractivity contribution in [2.24, 2.45) is 0 Å². The fraction of sp³-hybridized carbons (Fsp3) is 0.692. The van der Waals surface area contributed by atoms with Crippen molar-refractivity contribution in [2.75, 3.05) is 27.2 Å². The largest absolute Gasteiger partial charge is 0.475 e. The van der Waals surface area contributed by atoms with Gasteiger partial charge in [0.2, 0.25) is 5.88 Å². The van der Waals surface area contributed by atoms with Crippen LogP contribution in [0.1, 0.15) is 26.5 Å². The summed E-state index contributed by atoms with van der Waals surface area (Å²) in [5.41, 5.74) is 1.01. The molecule has 5 nitrogen and oxygen atoms in total. The highest BCUT2D eigenvalue weighted by atomic mass is 16.5. The van der Waals surface area contributed by atoms with Gasteiger partial charge in [-0.25, -0.2) is 0 Å². The Kier molecular flexibility index (Phi) is 5.50. The van der Waals surface area contributed by atoms with Gasteiger partial charge in [0.1, 0.15) is 6.61 Å². The maximum atomic E-state index is 5.48. The highest BCUT2D eigenvalue weighted by molar-refractivity contribution is 5.11. The molecule has 1 heterocycles. The van der Waals surface area contributed by atoms with Crippen molar-refractivity contribution >= 4 is 0 Å². The van der Waals surface area contributed by atoms with Gasteiger partial charge >= 0.3 is 0 Å². The smallest absolute Gasteiger partial charge is 0.233 e. The maximum Gasteiger partial charge on any atom is 0.233 e. The average molecular weight is 252 g/mol. The summed E-state index contributed by atoms with van der Waals surface area (Å²) in [6.45, 7) is 8.59. The van der Waals surface area contributed by atoms with Crippen molar-refractivity contribution in [1.29, 1.82) is 0 Å². The molecule has 18 heavy (non-hydrogen) atoms. The molecule has 0 spiro atoms. The summed E-state index contributed by atoms with van der Waals surface area (Å²) in [6, 6.07) is 3.80. The zero-order valence-electron chi connectivity index (χ0n) is 12.0. The first-order valence-corrected chi connectivity index (χ1v) is 6.22. The van der Waals surface area contributed by atoms with Crippen molar-refractivity contribution in [1.82, 2.24) is 20.4 Å². The number of hydrogen-bond acceptors (Lipinski definition) is 5. The fourth-order valence-corrected chi connectivity index (χ4v) is 1.21. The normalized spacial score (nSPS) is 11.9. The lowest BCUT2D eigenvalue weighted by Crippen LogP contribution is -2.35. The molecule has 0 bridgehead atoms. The lowest BCUT2D eigenvalue weighted by Gasteiger charge is -2.19. The lowest BCUT2D eigenvalue weighted by atomic mass is 10.1. The fourth-order valence-electron chi connectivity index (χ4n) is 1.21. The number of nitrogens with zero attached hydrogens (tertiary/aromatic N) is 3. The first-order chi connectivity index (χ1) is 8.37. The highest BCUT2D eigenvalue weighted by Crippen LogP contribution is 2.06. The molecule has 1 rings (SSSR count). The van der Waals surface area contributed by atoms with E-state index in [-0.39, 0.29) is 5.54 Å². The van der Waals surface area contributed by atoms with E-state index in [9.17, 15) is 0 Å². The van der Waals surface area contributed by atoms with Crippen LogP contribution in [-0.2, 0) is 6.54 Å². The first kappa shape index (κ1) is 14.9. The lowest BCUT2D eigenvalue weighted by molar-refractivity contribution is 0.251. The second kappa shape index (κ2) is 6.66. The molecule has 0 amide bonds. The van der Waals surface area contributed by atoms with Crippen LogP contribution in [0.15, 0.2) is 12.1 Å². The summed E-state index contributed by atoms with van der Waals surface area (Å²) >= 11 is 0. The Hall–Kier alpha value is -1.20. The Labute approximate surface area is 110 Å². The van der Waals surface area contributed by atoms with Gasteiger partial charge in [0.05, 0.1) is 5.69 Å². The molecule has 0 fully saturated rings. The number of aromatic nitrogens is 2. The first-order valence-electron chi connectivity index (χ1n) is 6.22. The molecule has 5 heteroatoms. The molecule has 0 radical (unpaired) electrons. The minimum absolute atomic E-state index is 0.0859. The SMILES string of the molecule is CN(C)CCOc1ccc(CNC(C)(C)C)nn1. The molecule has 0 aliphatic heterocycles. The van der Waals surface area contributed by atoms with Crippen LogP contribution < -0.4 is 10.1 Å². The number of nitrogens with one attached hydrogen (secondary N) is 1. The molecule has 0 aliphatic rings. The monoisotopic (exact) mass is 252 g/mol. The summed E-state index contributed by atoms with van der Waals surface area (Å²) in [7, 11) is 4.02. The van der Waals surface area contributed by atoms with E-state index in [0.717, 1.165) is 12.2 Å². The van der Waals surface area contributed by atoms with Gasteiger partial charge in [-0.15, -0.1) is 5.10 Å². The van der Waals surface area contributed by atoms with E-state index in [2.05, 4.69) is 41.2 Å². The van der Waals surface area contributed by atoms with Crippen LogP contribution in [0, 0.1) is 0 Å². The molecule has 0 atom stereocenters. The molecule has 0 saturated carbocycles. The van der Waals surface area contributed by atoms with E-state index >= 15 is 0 Å². The molecular formula is C13H24N4O. The molecule has 1 aromatic rings. The van der Waals surface area contributed by atoms with Crippen LogP contribution in [-0.4, -0.2) is 47.9 Å². The highest BCUT2D eigenvalue weighted by Gasteiger charge is 2.09. The molecule has 0 saturated heterocycles. The Bertz CT molecular complexity index is 343. The van der Waals surface area contributed by atoms with E-state index in [1.165, 1.54) is 0 Å². The van der Waals surface area contributed by atoms with E-state index in [1.54, 1.807) is 0 Å². The Morgan fingerprint density at radius 3 is 2.44 bits per heavy atom. The van der Waals surface area contributed by atoms with Crippen LogP contribution in [0.4, 0.5) is 0 Å². The minimum Gasteiger partial charge on any atom is -0.475 e. The van der Waals surface area contributed by atoms with E-state index < -0.39 is 0 Å². The second-order valence-corrected chi connectivity index (χ2v) is 5.62. The topological polar surface area (TPSA) is 50.3 Å². The predicted molar refractivity (Wildman–Crippen MR) is 72.7 cm³/mol. The molecule has 0 unspecified atom stereocenters. The predicted octanol–water partition coefficient (Wildman–Crippen LogP) is 1.31. The summed E-state index contributed by atoms with van der Waals surface area (Å²) < 4.78 is 5.48. The van der Waals surface area contributed by atoms with Crippen LogP contribution in [0.3, 0.4) is 0 Å². The number of likely N-dealkylation sites (N-methyl/N-ethyl adjacent to an activating group) is 1. The van der Waals surface area contributed by atoms with Crippen LogP contribution in [0.25, 0.3) is 0 Å². The van der Waals surface area contributed by atoms with Gasteiger partial charge in [-0.2, -0.15) is 5.10 Å². The Morgan fingerprint density at radius 1 is 1.22 bits per heavy atom. The van der Waals surface area contributed by atoms with Crippen molar-refractivity contribution < 1.29 is 4.74 Å². The summed E-state index contributed by atoms with van der Waals surface area (Å²) in [4.78, 5) is 2.06. The minimum atomic E-state index is 0.0859. The van der Waals surface area contributed by atoms with Gasteiger partial charge in [-0.1, -0.05) is 0 Å². The second-order valence-electron chi connectivity index (χ2n) is 5.62. The number of rotatable bonds is 6. The summed E-state index contributed by atoms with van der Waals surface area (Å²) in [5, 5.41) is 11.5. The van der Waals surface area contributed by atoms with E-state index in [0.29, 0.717) is 19.0 Å². The molecule has 0 aliphatic carbocycles. The van der Waals surface area contributed by atoms with Crippen LogP contribution in [0.2, 0.25) is 0 Å². The van der Waals surface area contributed by atoms with Crippen molar-refractivity contribution in [3.05, 3.63) is 17.8 Å². The third kappa shape index (κ3) is 6.51. The molecule has 1 N–H and O–H groups in total. The average Bonchev–Trinajstić information content (AvgIpc) is 2.26. The third-order valence-corrected chi connectivity index (χ3v) is 2.28. The van der Waals surface area contributed by atoms with Crippen LogP contribution in [0.5, 0.6) is 5.88 Å². The standard InChI is InChI=1S/C13H24N4O/c1-13(2,3)14-10-11-6-7-12(16-15-11)18-9-8-17(4)5/h6-7,14H,8-10H2,1-5H3. The third-order valence-electron chi connectivity index (χ3n) is 2.28. The summed E-state index contributed by atoms with van der Waals surface area (Å²) in [5.74, 6) is 0.580. The number of ether oxygens (including phenoxy) is 1. The van der Waals surface area contributed by atoms with Gasteiger partial charge < -0.3 is 15.0 Å². The maximum absolute atomic E-state index is 5.48. The Morgan fingerprint density at radius 2 is 1.94 bits per heavy atom. The molecule has 0 aromatic carbocycles. The molecule has 102 valence electrons. The quantitative estimate of drug-likeness (QED) is 0.827. The molecular weight excluding hydrogens is 228 g/mol. The zero-order valence-corrected chi connectivity index (χ0v) is 12.0. The van der Waals surface area contributed by atoms with E-state index in [1.807, 2.05) is 26.2 Å². The van der Waals surface area contributed by atoms with Crippen LogP contribution >= 0.6 is 0 Å². The van der Waals surface area contributed by atoms with Gasteiger partial charge in [0.15, 0.2) is 0 Å². The van der Waals surface area contributed by atoms with Gasteiger partial charge in [-0.05, 0) is 40.9 Å². The van der Waals surface area contributed by atoms with Crippen molar-refractivity contribution in [3.63, 3.8) is 0 Å². The van der Waals surface area contributed by atoms with Crippen molar-refractivity contribution in [2.45, 2.75) is 32.9 Å². The van der Waals surface area contributed by atoms with Gasteiger partial charge in [0.25, 0.3) is 0 Å². The summed E-state index contributed by atoms with van der Waals surface area (Å²) in [6.07, 6.45) is 0. The molecule has 1 aromatic heterocycles. The zero-order chi connectivity index (χ0) is 13.6. The van der Waals surface area contributed by atoms with Gasteiger partial charge in [0, 0.05) is 24.7 Å².